The Labute approximate surface area is 228 Å². The number of amides is 2. The van der Waals surface area contributed by atoms with Crippen molar-refractivity contribution < 1.29 is 18.0 Å². The maximum atomic E-state index is 13.6. The van der Waals surface area contributed by atoms with Crippen LogP contribution in [0, 0.1) is 13.8 Å². The molecule has 2 amide bonds. The van der Waals surface area contributed by atoms with Gasteiger partial charge in [-0.3, -0.25) is 13.9 Å². The molecule has 1 saturated carbocycles. The normalized spacial score (nSPS) is 15.1. The third-order valence-corrected chi connectivity index (χ3v) is 8.45. The standard InChI is InChI=1S/C30H43N3O4S/c1-5-28(30(35)31-26-12-7-6-8-13-26)32(22-25-18-16-23(2)17-19-25)29(34)15-10-20-33(38(4,36)37)27-14-9-11-24(3)21-27/h9,11,14,16-19,21,26,28H,5-8,10,12-13,15,20,22H2,1-4H3,(H,31,35)/t28-/m1/s1. The van der Waals surface area contributed by atoms with Gasteiger partial charge in [-0.05, 0) is 62.8 Å². The molecule has 0 aliphatic heterocycles. The summed E-state index contributed by atoms with van der Waals surface area (Å²) in [6.45, 7) is 6.39. The number of aryl methyl sites for hydroxylation is 2. The first-order valence-corrected chi connectivity index (χ1v) is 15.6. The Hall–Kier alpha value is -2.87. The van der Waals surface area contributed by atoms with Gasteiger partial charge in [0.15, 0.2) is 0 Å². The molecular weight excluding hydrogens is 498 g/mol. The molecule has 0 saturated heterocycles. The van der Waals surface area contributed by atoms with E-state index in [1.807, 2.05) is 63.2 Å². The highest BCUT2D eigenvalue weighted by molar-refractivity contribution is 7.92. The Morgan fingerprint density at radius 3 is 2.29 bits per heavy atom. The van der Waals surface area contributed by atoms with Gasteiger partial charge in [0.1, 0.15) is 6.04 Å². The fraction of sp³-hybridized carbons (Fsp3) is 0.533. The summed E-state index contributed by atoms with van der Waals surface area (Å²) in [7, 11) is -3.51. The number of anilines is 1. The van der Waals surface area contributed by atoms with Crippen molar-refractivity contribution in [3.8, 4) is 0 Å². The summed E-state index contributed by atoms with van der Waals surface area (Å²) in [6.07, 6.45) is 7.59. The van der Waals surface area contributed by atoms with Crippen molar-refractivity contribution in [3.63, 3.8) is 0 Å². The summed E-state index contributed by atoms with van der Waals surface area (Å²) >= 11 is 0. The van der Waals surface area contributed by atoms with E-state index in [4.69, 9.17) is 0 Å². The van der Waals surface area contributed by atoms with E-state index in [1.54, 1.807) is 11.0 Å². The summed E-state index contributed by atoms with van der Waals surface area (Å²) in [5.41, 5.74) is 3.65. The first kappa shape index (κ1) is 29.7. The second-order valence-electron chi connectivity index (χ2n) is 10.6. The Bertz CT molecular complexity index is 1170. The minimum Gasteiger partial charge on any atom is -0.352 e. The molecule has 1 N–H and O–H groups in total. The molecule has 2 aromatic rings. The largest absolute Gasteiger partial charge is 0.352 e. The molecule has 0 spiro atoms. The van der Waals surface area contributed by atoms with Crippen LogP contribution in [-0.4, -0.2) is 50.0 Å². The smallest absolute Gasteiger partial charge is 0.243 e. The number of benzene rings is 2. The molecule has 1 fully saturated rings. The summed E-state index contributed by atoms with van der Waals surface area (Å²) in [6, 6.07) is 14.9. The second-order valence-corrected chi connectivity index (χ2v) is 12.5. The SMILES string of the molecule is CC[C@H](C(=O)NC1CCCCC1)N(Cc1ccc(C)cc1)C(=O)CCCN(c1cccc(C)c1)S(C)(=O)=O. The number of hydrogen-bond acceptors (Lipinski definition) is 4. The average Bonchev–Trinajstić information content (AvgIpc) is 2.87. The van der Waals surface area contributed by atoms with Crippen molar-refractivity contribution in [1.29, 1.82) is 0 Å². The molecule has 0 radical (unpaired) electrons. The molecule has 0 aromatic heterocycles. The van der Waals surface area contributed by atoms with Crippen molar-refractivity contribution in [1.82, 2.24) is 10.2 Å². The Morgan fingerprint density at radius 1 is 1.00 bits per heavy atom. The predicted octanol–water partition coefficient (Wildman–Crippen LogP) is 5.11. The number of sulfonamides is 1. The fourth-order valence-corrected chi connectivity index (χ4v) is 6.10. The highest BCUT2D eigenvalue weighted by Crippen LogP contribution is 2.22. The lowest BCUT2D eigenvalue weighted by Gasteiger charge is -2.33. The molecular formula is C30H43N3O4S. The van der Waals surface area contributed by atoms with Crippen LogP contribution in [0.4, 0.5) is 5.69 Å². The molecule has 7 nitrogen and oxygen atoms in total. The lowest BCUT2D eigenvalue weighted by atomic mass is 9.95. The first-order valence-electron chi connectivity index (χ1n) is 13.8. The average molecular weight is 542 g/mol. The van der Waals surface area contributed by atoms with E-state index in [-0.39, 0.29) is 30.8 Å². The Morgan fingerprint density at radius 2 is 1.68 bits per heavy atom. The summed E-state index contributed by atoms with van der Waals surface area (Å²) < 4.78 is 26.4. The molecule has 1 aliphatic rings. The van der Waals surface area contributed by atoms with Crippen LogP contribution >= 0.6 is 0 Å². The zero-order valence-electron chi connectivity index (χ0n) is 23.3. The third-order valence-electron chi connectivity index (χ3n) is 7.25. The van der Waals surface area contributed by atoms with Crippen LogP contribution in [0.5, 0.6) is 0 Å². The van der Waals surface area contributed by atoms with Crippen LogP contribution < -0.4 is 9.62 Å². The van der Waals surface area contributed by atoms with Gasteiger partial charge in [0.05, 0.1) is 11.9 Å². The van der Waals surface area contributed by atoms with Crippen molar-refractivity contribution in [2.24, 2.45) is 0 Å². The van der Waals surface area contributed by atoms with Gasteiger partial charge in [0.25, 0.3) is 0 Å². The van der Waals surface area contributed by atoms with Gasteiger partial charge in [-0.25, -0.2) is 8.42 Å². The predicted molar refractivity (Wildman–Crippen MR) is 153 cm³/mol. The van der Waals surface area contributed by atoms with Gasteiger partial charge in [-0.1, -0.05) is 68.1 Å². The molecule has 0 heterocycles. The van der Waals surface area contributed by atoms with Crippen LogP contribution in [0.1, 0.15) is 75.0 Å². The molecule has 1 aliphatic carbocycles. The van der Waals surface area contributed by atoms with Crippen molar-refractivity contribution in [3.05, 3.63) is 65.2 Å². The van der Waals surface area contributed by atoms with Crippen LogP contribution in [0.2, 0.25) is 0 Å². The summed E-state index contributed by atoms with van der Waals surface area (Å²) in [5.74, 6) is -0.244. The first-order chi connectivity index (χ1) is 18.1. The number of nitrogens with zero attached hydrogens (tertiary/aromatic N) is 2. The monoisotopic (exact) mass is 541 g/mol. The molecule has 8 heteroatoms. The van der Waals surface area contributed by atoms with E-state index in [2.05, 4.69) is 5.32 Å². The molecule has 208 valence electrons. The van der Waals surface area contributed by atoms with Gasteiger partial charge >= 0.3 is 0 Å². The zero-order chi connectivity index (χ0) is 27.7. The number of rotatable bonds is 12. The number of nitrogens with one attached hydrogen (secondary N) is 1. The van der Waals surface area contributed by atoms with Crippen LogP contribution in [-0.2, 0) is 26.2 Å². The lowest BCUT2D eigenvalue weighted by Crippen LogP contribution is -2.51. The van der Waals surface area contributed by atoms with Crippen molar-refractivity contribution >= 4 is 27.5 Å². The van der Waals surface area contributed by atoms with Gasteiger partial charge < -0.3 is 10.2 Å². The van der Waals surface area contributed by atoms with Crippen LogP contribution in [0.15, 0.2) is 48.5 Å². The maximum absolute atomic E-state index is 13.6. The summed E-state index contributed by atoms with van der Waals surface area (Å²) in [5, 5.41) is 3.20. The van der Waals surface area contributed by atoms with E-state index in [1.165, 1.54) is 17.0 Å². The van der Waals surface area contributed by atoms with Crippen LogP contribution in [0.3, 0.4) is 0 Å². The minimum atomic E-state index is -3.51. The van der Waals surface area contributed by atoms with Gasteiger partial charge in [-0.2, -0.15) is 0 Å². The van der Waals surface area contributed by atoms with Crippen LogP contribution in [0.25, 0.3) is 0 Å². The Kier molecular flexibility index (Phi) is 10.8. The molecule has 0 bridgehead atoms. The van der Waals surface area contributed by atoms with E-state index < -0.39 is 16.1 Å². The van der Waals surface area contributed by atoms with Gasteiger partial charge in [0.2, 0.25) is 21.8 Å². The van der Waals surface area contributed by atoms with E-state index in [9.17, 15) is 18.0 Å². The molecule has 3 rings (SSSR count). The highest BCUT2D eigenvalue weighted by Gasteiger charge is 2.30. The number of carbonyl (C=O) groups excluding carboxylic acids is 2. The lowest BCUT2D eigenvalue weighted by molar-refractivity contribution is -0.141. The minimum absolute atomic E-state index is 0.0996. The molecule has 0 unspecified atom stereocenters. The van der Waals surface area contributed by atoms with Crippen molar-refractivity contribution in [2.45, 2.75) is 90.8 Å². The number of carbonyl (C=O) groups is 2. The fourth-order valence-electron chi connectivity index (χ4n) is 5.14. The third kappa shape index (κ3) is 8.58. The van der Waals surface area contributed by atoms with Gasteiger partial charge in [-0.15, -0.1) is 0 Å². The maximum Gasteiger partial charge on any atom is 0.243 e. The zero-order valence-corrected chi connectivity index (χ0v) is 24.1. The summed E-state index contributed by atoms with van der Waals surface area (Å²) in [4.78, 5) is 28.7. The Balaban J connectivity index is 1.75. The van der Waals surface area contributed by atoms with Gasteiger partial charge in [0, 0.05) is 25.6 Å². The molecule has 38 heavy (non-hydrogen) atoms. The quantitative estimate of drug-likeness (QED) is 0.405. The van der Waals surface area contributed by atoms with E-state index >= 15 is 0 Å². The topological polar surface area (TPSA) is 86.8 Å². The second kappa shape index (κ2) is 13.8. The van der Waals surface area contributed by atoms with E-state index in [0.717, 1.165) is 42.4 Å². The molecule has 2 aromatic carbocycles. The van der Waals surface area contributed by atoms with E-state index in [0.29, 0.717) is 25.1 Å². The molecule has 1 atom stereocenters. The number of hydrogen-bond donors (Lipinski definition) is 1. The highest BCUT2D eigenvalue weighted by atomic mass is 32.2. The van der Waals surface area contributed by atoms with Crippen molar-refractivity contribution in [2.75, 3.05) is 17.1 Å².